The topological polar surface area (TPSA) is 79.4 Å². The van der Waals surface area contributed by atoms with Crippen molar-refractivity contribution < 1.29 is 0 Å². The lowest BCUT2D eigenvalue weighted by atomic mass is 10.2. The van der Waals surface area contributed by atoms with Crippen LogP contribution in [0.4, 0.5) is 5.95 Å². The fourth-order valence-electron chi connectivity index (χ4n) is 2.08. The lowest BCUT2D eigenvalue weighted by molar-refractivity contribution is 0.863. The van der Waals surface area contributed by atoms with Crippen LogP contribution in [0.3, 0.4) is 0 Å². The Morgan fingerprint density at radius 2 is 1.86 bits per heavy atom. The summed E-state index contributed by atoms with van der Waals surface area (Å²) < 4.78 is 0. The molecule has 0 bridgehead atoms. The summed E-state index contributed by atoms with van der Waals surface area (Å²) in [6.45, 7) is 4.52. The third kappa shape index (κ3) is 3.28. The van der Waals surface area contributed by atoms with E-state index in [0.717, 1.165) is 34.9 Å². The Labute approximate surface area is 129 Å². The maximum atomic E-state index is 4.40. The molecule has 2 N–H and O–H groups in total. The lowest BCUT2D eigenvalue weighted by Crippen LogP contribution is -2.10. The highest BCUT2D eigenvalue weighted by Gasteiger charge is 2.04. The molecule has 0 aliphatic carbocycles. The Balaban J connectivity index is 1.58. The summed E-state index contributed by atoms with van der Waals surface area (Å²) in [5, 5.41) is 11.2. The number of nitrogens with one attached hydrogen (secondary N) is 2. The highest BCUT2D eigenvalue weighted by atomic mass is 15.2. The SMILES string of the molecule is Cc1nnc(NCCc2ncc(-c3ccccc3)[nH]2)nc1C. The van der Waals surface area contributed by atoms with E-state index in [1.54, 1.807) is 0 Å². The molecule has 2 aromatic heterocycles. The van der Waals surface area contributed by atoms with Crippen LogP contribution in [-0.2, 0) is 6.42 Å². The summed E-state index contributed by atoms with van der Waals surface area (Å²) in [4.78, 5) is 12.1. The van der Waals surface area contributed by atoms with Crippen molar-refractivity contribution in [2.75, 3.05) is 11.9 Å². The van der Waals surface area contributed by atoms with E-state index in [2.05, 4.69) is 42.6 Å². The van der Waals surface area contributed by atoms with Gasteiger partial charge in [0.2, 0.25) is 5.95 Å². The van der Waals surface area contributed by atoms with Gasteiger partial charge in [0.25, 0.3) is 0 Å². The van der Waals surface area contributed by atoms with Crippen molar-refractivity contribution in [3.05, 3.63) is 53.7 Å². The molecular weight excluding hydrogens is 276 g/mol. The molecular formula is C16H18N6. The third-order valence-corrected chi connectivity index (χ3v) is 3.45. The number of hydrogen-bond donors (Lipinski definition) is 2. The second kappa shape index (κ2) is 6.34. The molecule has 0 radical (unpaired) electrons. The number of anilines is 1. The van der Waals surface area contributed by atoms with Gasteiger partial charge < -0.3 is 10.3 Å². The highest BCUT2D eigenvalue weighted by Crippen LogP contribution is 2.16. The minimum absolute atomic E-state index is 0.554. The first-order chi connectivity index (χ1) is 10.7. The van der Waals surface area contributed by atoms with Gasteiger partial charge in [-0.3, -0.25) is 0 Å². The van der Waals surface area contributed by atoms with Crippen molar-refractivity contribution in [2.24, 2.45) is 0 Å². The Morgan fingerprint density at radius 1 is 1.05 bits per heavy atom. The van der Waals surface area contributed by atoms with Crippen molar-refractivity contribution in [2.45, 2.75) is 20.3 Å². The maximum absolute atomic E-state index is 4.40. The van der Waals surface area contributed by atoms with Crippen molar-refractivity contribution >= 4 is 5.95 Å². The quantitative estimate of drug-likeness (QED) is 0.756. The van der Waals surface area contributed by atoms with E-state index < -0.39 is 0 Å². The van der Waals surface area contributed by atoms with Gasteiger partial charge in [0.15, 0.2) is 0 Å². The van der Waals surface area contributed by atoms with Gasteiger partial charge in [0, 0.05) is 13.0 Å². The predicted octanol–water partition coefficient (Wildman–Crippen LogP) is 2.53. The molecule has 3 aromatic rings. The number of H-pyrrole nitrogens is 1. The Kier molecular flexibility index (Phi) is 4.09. The molecule has 6 nitrogen and oxygen atoms in total. The molecule has 0 fully saturated rings. The summed E-state index contributed by atoms with van der Waals surface area (Å²) in [5.41, 5.74) is 3.90. The lowest BCUT2D eigenvalue weighted by Gasteiger charge is -2.04. The van der Waals surface area contributed by atoms with Crippen LogP contribution in [0.25, 0.3) is 11.3 Å². The van der Waals surface area contributed by atoms with Gasteiger partial charge in [-0.2, -0.15) is 5.10 Å². The zero-order chi connectivity index (χ0) is 15.4. The summed E-state index contributed by atoms with van der Waals surface area (Å²) in [5.74, 6) is 1.49. The molecule has 0 aliphatic rings. The zero-order valence-corrected chi connectivity index (χ0v) is 12.7. The number of nitrogens with zero attached hydrogens (tertiary/aromatic N) is 4. The van der Waals surface area contributed by atoms with E-state index in [0.29, 0.717) is 12.5 Å². The van der Waals surface area contributed by atoms with Crippen molar-refractivity contribution in [1.82, 2.24) is 25.1 Å². The molecule has 0 amide bonds. The predicted molar refractivity (Wildman–Crippen MR) is 85.5 cm³/mol. The molecule has 3 rings (SSSR count). The molecule has 2 heterocycles. The van der Waals surface area contributed by atoms with Gasteiger partial charge in [0.1, 0.15) is 5.82 Å². The Bertz CT molecular complexity index is 750. The first-order valence-electron chi connectivity index (χ1n) is 7.23. The van der Waals surface area contributed by atoms with Crippen LogP contribution in [0.2, 0.25) is 0 Å². The summed E-state index contributed by atoms with van der Waals surface area (Å²) in [7, 11) is 0. The Hall–Kier alpha value is -2.76. The Morgan fingerprint density at radius 3 is 2.64 bits per heavy atom. The zero-order valence-electron chi connectivity index (χ0n) is 12.7. The minimum atomic E-state index is 0.554. The van der Waals surface area contributed by atoms with Gasteiger partial charge in [0.05, 0.1) is 23.3 Å². The van der Waals surface area contributed by atoms with E-state index in [1.165, 1.54) is 0 Å². The maximum Gasteiger partial charge on any atom is 0.242 e. The standard InChI is InChI=1S/C16H18N6/c1-11-12(2)21-22-16(19-11)17-9-8-15-18-10-14(20-15)13-6-4-3-5-7-13/h3-7,10H,8-9H2,1-2H3,(H,18,20)(H,17,19,22). The van der Waals surface area contributed by atoms with Gasteiger partial charge in [-0.25, -0.2) is 9.97 Å². The fraction of sp³-hybridized carbons (Fsp3) is 0.250. The number of aryl methyl sites for hydroxylation is 2. The number of imidazole rings is 1. The van der Waals surface area contributed by atoms with Crippen LogP contribution >= 0.6 is 0 Å². The summed E-state index contributed by atoms with van der Waals surface area (Å²) in [6.07, 6.45) is 2.63. The van der Waals surface area contributed by atoms with Crippen molar-refractivity contribution in [3.8, 4) is 11.3 Å². The normalized spacial score (nSPS) is 10.6. The molecule has 0 unspecified atom stereocenters. The van der Waals surface area contributed by atoms with Gasteiger partial charge in [-0.1, -0.05) is 30.3 Å². The molecule has 0 saturated heterocycles. The molecule has 0 spiro atoms. The monoisotopic (exact) mass is 294 g/mol. The molecule has 0 atom stereocenters. The summed E-state index contributed by atoms with van der Waals surface area (Å²) >= 11 is 0. The number of rotatable bonds is 5. The fourth-order valence-corrected chi connectivity index (χ4v) is 2.08. The molecule has 0 saturated carbocycles. The van der Waals surface area contributed by atoms with E-state index in [-0.39, 0.29) is 0 Å². The van der Waals surface area contributed by atoms with Crippen molar-refractivity contribution in [3.63, 3.8) is 0 Å². The molecule has 1 aromatic carbocycles. The van der Waals surface area contributed by atoms with Crippen LogP contribution in [-0.4, -0.2) is 31.7 Å². The van der Waals surface area contributed by atoms with E-state index in [9.17, 15) is 0 Å². The van der Waals surface area contributed by atoms with Gasteiger partial charge >= 0.3 is 0 Å². The second-order valence-electron chi connectivity index (χ2n) is 5.09. The van der Waals surface area contributed by atoms with Crippen LogP contribution in [0.5, 0.6) is 0 Å². The van der Waals surface area contributed by atoms with Crippen LogP contribution in [0.15, 0.2) is 36.5 Å². The smallest absolute Gasteiger partial charge is 0.242 e. The average molecular weight is 294 g/mol. The number of hydrogen-bond acceptors (Lipinski definition) is 5. The molecule has 22 heavy (non-hydrogen) atoms. The van der Waals surface area contributed by atoms with E-state index >= 15 is 0 Å². The average Bonchev–Trinajstić information content (AvgIpc) is 3.01. The van der Waals surface area contributed by atoms with Crippen LogP contribution in [0, 0.1) is 13.8 Å². The minimum Gasteiger partial charge on any atom is -0.352 e. The van der Waals surface area contributed by atoms with Crippen molar-refractivity contribution in [1.29, 1.82) is 0 Å². The highest BCUT2D eigenvalue weighted by molar-refractivity contribution is 5.57. The molecule has 6 heteroatoms. The first kappa shape index (κ1) is 14.2. The van der Waals surface area contributed by atoms with Gasteiger partial charge in [-0.05, 0) is 19.4 Å². The van der Waals surface area contributed by atoms with Gasteiger partial charge in [-0.15, -0.1) is 5.10 Å². The van der Waals surface area contributed by atoms with Crippen LogP contribution in [0.1, 0.15) is 17.2 Å². The number of benzene rings is 1. The van der Waals surface area contributed by atoms with Crippen LogP contribution < -0.4 is 5.32 Å². The first-order valence-corrected chi connectivity index (χ1v) is 7.23. The summed E-state index contributed by atoms with van der Waals surface area (Å²) in [6, 6.07) is 10.2. The third-order valence-electron chi connectivity index (χ3n) is 3.45. The number of aromatic nitrogens is 5. The van der Waals surface area contributed by atoms with E-state index in [4.69, 9.17) is 0 Å². The second-order valence-corrected chi connectivity index (χ2v) is 5.09. The number of aromatic amines is 1. The molecule has 112 valence electrons. The largest absolute Gasteiger partial charge is 0.352 e. The van der Waals surface area contributed by atoms with E-state index in [1.807, 2.05) is 38.2 Å². The molecule has 0 aliphatic heterocycles.